The SMILES string of the molecule is CC(CCC(=O)O)NC(=O)N1CCN2CCCC2C1. The summed E-state index contributed by atoms with van der Waals surface area (Å²) in [5, 5.41) is 11.5. The number of aliphatic carboxylic acids is 1. The van der Waals surface area contributed by atoms with Gasteiger partial charge in [-0.3, -0.25) is 9.69 Å². The number of hydrogen-bond donors (Lipinski definition) is 2. The number of nitrogens with zero attached hydrogens (tertiary/aromatic N) is 2. The van der Waals surface area contributed by atoms with Gasteiger partial charge in [-0.05, 0) is 32.7 Å². The van der Waals surface area contributed by atoms with Gasteiger partial charge in [0.2, 0.25) is 0 Å². The summed E-state index contributed by atoms with van der Waals surface area (Å²) in [6.45, 7) is 5.55. The summed E-state index contributed by atoms with van der Waals surface area (Å²) in [5.74, 6) is -0.819. The van der Waals surface area contributed by atoms with Crippen molar-refractivity contribution in [3.8, 4) is 0 Å². The average molecular weight is 269 g/mol. The zero-order valence-corrected chi connectivity index (χ0v) is 11.5. The molecule has 2 aliphatic heterocycles. The van der Waals surface area contributed by atoms with E-state index in [2.05, 4.69) is 10.2 Å². The Morgan fingerprint density at radius 3 is 2.89 bits per heavy atom. The zero-order valence-electron chi connectivity index (χ0n) is 11.5. The Bertz CT molecular complexity index is 348. The highest BCUT2D eigenvalue weighted by atomic mass is 16.4. The summed E-state index contributed by atoms with van der Waals surface area (Å²) in [6.07, 6.45) is 2.98. The molecule has 2 atom stereocenters. The van der Waals surface area contributed by atoms with E-state index in [0.29, 0.717) is 12.5 Å². The van der Waals surface area contributed by atoms with Crippen molar-refractivity contribution in [1.82, 2.24) is 15.1 Å². The number of amides is 2. The minimum Gasteiger partial charge on any atom is -0.481 e. The number of piperazine rings is 1. The van der Waals surface area contributed by atoms with Gasteiger partial charge in [-0.1, -0.05) is 0 Å². The van der Waals surface area contributed by atoms with E-state index >= 15 is 0 Å². The van der Waals surface area contributed by atoms with Crippen LogP contribution in [0.5, 0.6) is 0 Å². The summed E-state index contributed by atoms with van der Waals surface area (Å²) >= 11 is 0. The Morgan fingerprint density at radius 2 is 2.16 bits per heavy atom. The highest BCUT2D eigenvalue weighted by molar-refractivity contribution is 5.74. The number of urea groups is 1. The molecule has 2 heterocycles. The third kappa shape index (κ3) is 3.83. The topological polar surface area (TPSA) is 72.9 Å². The first kappa shape index (κ1) is 14.1. The molecule has 0 spiro atoms. The second-order valence-electron chi connectivity index (χ2n) is 5.56. The number of carbonyl (C=O) groups excluding carboxylic acids is 1. The van der Waals surface area contributed by atoms with Crippen LogP contribution in [-0.2, 0) is 4.79 Å². The smallest absolute Gasteiger partial charge is 0.317 e. The van der Waals surface area contributed by atoms with E-state index in [1.807, 2.05) is 11.8 Å². The Morgan fingerprint density at radius 1 is 1.37 bits per heavy atom. The number of hydrogen-bond acceptors (Lipinski definition) is 3. The molecule has 108 valence electrons. The highest BCUT2D eigenvalue weighted by Crippen LogP contribution is 2.21. The lowest BCUT2D eigenvalue weighted by Crippen LogP contribution is -2.55. The third-order valence-corrected chi connectivity index (χ3v) is 4.04. The molecule has 19 heavy (non-hydrogen) atoms. The van der Waals surface area contributed by atoms with Crippen molar-refractivity contribution in [2.45, 2.75) is 44.7 Å². The van der Waals surface area contributed by atoms with Crippen molar-refractivity contribution < 1.29 is 14.7 Å². The fourth-order valence-electron chi connectivity index (χ4n) is 2.89. The van der Waals surface area contributed by atoms with Crippen molar-refractivity contribution in [2.24, 2.45) is 0 Å². The van der Waals surface area contributed by atoms with Crippen molar-refractivity contribution in [3.05, 3.63) is 0 Å². The van der Waals surface area contributed by atoms with Gasteiger partial charge in [0.1, 0.15) is 0 Å². The van der Waals surface area contributed by atoms with E-state index in [9.17, 15) is 9.59 Å². The van der Waals surface area contributed by atoms with Crippen molar-refractivity contribution >= 4 is 12.0 Å². The molecule has 0 aromatic carbocycles. The molecule has 6 nitrogen and oxygen atoms in total. The highest BCUT2D eigenvalue weighted by Gasteiger charge is 2.32. The number of carbonyl (C=O) groups is 2. The van der Waals surface area contributed by atoms with E-state index in [-0.39, 0.29) is 18.5 Å². The molecule has 2 unspecified atom stereocenters. The zero-order chi connectivity index (χ0) is 13.8. The maximum atomic E-state index is 12.1. The van der Waals surface area contributed by atoms with Crippen molar-refractivity contribution in [3.63, 3.8) is 0 Å². The van der Waals surface area contributed by atoms with Gasteiger partial charge in [0, 0.05) is 38.1 Å². The quantitative estimate of drug-likeness (QED) is 0.789. The summed E-state index contributed by atoms with van der Waals surface area (Å²) in [4.78, 5) is 26.9. The largest absolute Gasteiger partial charge is 0.481 e. The molecule has 0 bridgehead atoms. The van der Waals surface area contributed by atoms with E-state index in [1.54, 1.807) is 0 Å². The molecule has 2 rings (SSSR count). The molecule has 2 saturated heterocycles. The van der Waals surface area contributed by atoms with Crippen molar-refractivity contribution in [2.75, 3.05) is 26.2 Å². The van der Waals surface area contributed by atoms with E-state index in [0.717, 1.165) is 26.2 Å². The van der Waals surface area contributed by atoms with E-state index < -0.39 is 5.97 Å². The van der Waals surface area contributed by atoms with Gasteiger partial charge in [-0.15, -0.1) is 0 Å². The maximum absolute atomic E-state index is 12.1. The maximum Gasteiger partial charge on any atom is 0.317 e. The van der Waals surface area contributed by atoms with Crippen LogP contribution in [0, 0.1) is 0 Å². The summed E-state index contributed by atoms with van der Waals surface area (Å²) in [7, 11) is 0. The first-order valence-electron chi connectivity index (χ1n) is 7.07. The van der Waals surface area contributed by atoms with Gasteiger partial charge in [0.25, 0.3) is 0 Å². The molecular weight excluding hydrogens is 246 g/mol. The van der Waals surface area contributed by atoms with Gasteiger partial charge in [-0.2, -0.15) is 0 Å². The second-order valence-corrected chi connectivity index (χ2v) is 5.56. The minimum absolute atomic E-state index is 0.0514. The third-order valence-electron chi connectivity index (χ3n) is 4.04. The van der Waals surface area contributed by atoms with Crippen LogP contribution in [0.25, 0.3) is 0 Å². The molecule has 0 saturated carbocycles. The number of nitrogens with one attached hydrogen (secondary N) is 1. The lowest BCUT2D eigenvalue weighted by Gasteiger charge is -2.37. The minimum atomic E-state index is -0.819. The fraction of sp³-hybridized carbons (Fsp3) is 0.846. The molecule has 0 aromatic heterocycles. The van der Waals surface area contributed by atoms with Gasteiger partial charge in [0.05, 0.1) is 0 Å². The Kier molecular flexibility index (Phi) is 4.63. The molecule has 0 aromatic rings. The Balaban J connectivity index is 1.75. The van der Waals surface area contributed by atoms with Crippen LogP contribution in [0.3, 0.4) is 0 Å². The van der Waals surface area contributed by atoms with Gasteiger partial charge in [0.15, 0.2) is 0 Å². The van der Waals surface area contributed by atoms with Crippen LogP contribution in [-0.4, -0.2) is 65.2 Å². The second kappa shape index (κ2) is 6.23. The molecule has 2 N–H and O–H groups in total. The van der Waals surface area contributed by atoms with Gasteiger partial charge >= 0.3 is 12.0 Å². The molecule has 0 radical (unpaired) electrons. The number of rotatable bonds is 4. The summed E-state index contributed by atoms with van der Waals surface area (Å²) < 4.78 is 0. The lowest BCUT2D eigenvalue weighted by molar-refractivity contribution is -0.137. The molecule has 0 aliphatic carbocycles. The van der Waals surface area contributed by atoms with Gasteiger partial charge < -0.3 is 15.3 Å². The Hall–Kier alpha value is -1.30. The number of carboxylic acid groups (broad SMARTS) is 1. The first-order chi connectivity index (χ1) is 9.06. The molecular formula is C13H23N3O3. The summed E-state index contributed by atoms with van der Waals surface area (Å²) in [6, 6.07) is 0.378. The molecule has 2 fully saturated rings. The number of carboxylic acids is 1. The lowest BCUT2D eigenvalue weighted by atomic mass is 10.1. The fourth-order valence-corrected chi connectivity index (χ4v) is 2.89. The van der Waals surface area contributed by atoms with Gasteiger partial charge in [-0.25, -0.2) is 4.79 Å². The average Bonchev–Trinajstić information content (AvgIpc) is 2.83. The predicted octanol–water partition coefficient (Wildman–Crippen LogP) is 0.729. The van der Waals surface area contributed by atoms with Crippen molar-refractivity contribution in [1.29, 1.82) is 0 Å². The standard InChI is InChI=1S/C13H23N3O3/c1-10(4-5-12(17)18)14-13(19)16-8-7-15-6-2-3-11(15)9-16/h10-11H,2-9H2,1H3,(H,14,19)(H,17,18). The Labute approximate surface area is 113 Å². The van der Waals surface area contributed by atoms with Crippen LogP contribution < -0.4 is 5.32 Å². The van der Waals surface area contributed by atoms with E-state index in [1.165, 1.54) is 12.8 Å². The first-order valence-corrected chi connectivity index (χ1v) is 7.07. The molecule has 2 amide bonds. The monoisotopic (exact) mass is 269 g/mol. The van der Waals surface area contributed by atoms with Crippen LogP contribution in [0.15, 0.2) is 0 Å². The molecule has 6 heteroatoms. The normalized spacial score (nSPS) is 24.9. The number of fused-ring (bicyclic) bond motifs is 1. The van der Waals surface area contributed by atoms with E-state index in [4.69, 9.17) is 5.11 Å². The molecule has 2 aliphatic rings. The van der Waals surface area contributed by atoms with Crippen LogP contribution >= 0.6 is 0 Å². The summed E-state index contributed by atoms with van der Waals surface area (Å²) in [5.41, 5.74) is 0. The predicted molar refractivity (Wildman–Crippen MR) is 71.0 cm³/mol. The van der Waals surface area contributed by atoms with Crippen LogP contribution in [0.1, 0.15) is 32.6 Å². The van der Waals surface area contributed by atoms with Crippen LogP contribution in [0.4, 0.5) is 4.79 Å². The van der Waals surface area contributed by atoms with Crippen LogP contribution in [0.2, 0.25) is 0 Å².